The molecule has 4 rings (SSSR count). The number of hydrogen-bond donors (Lipinski definition) is 0. The first-order valence-electron chi connectivity index (χ1n) is 8.70. The molecule has 2 fully saturated rings. The van der Waals surface area contributed by atoms with Crippen LogP contribution in [0.1, 0.15) is 49.0 Å². The molecule has 140 valence electrons. The fourth-order valence-electron chi connectivity index (χ4n) is 5.03. The Bertz CT molecular complexity index is 923. The van der Waals surface area contributed by atoms with Gasteiger partial charge in [0.25, 0.3) is 0 Å². The van der Waals surface area contributed by atoms with E-state index < -0.39 is 37.4 Å². The Hall–Kier alpha value is -1.61. The fourth-order valence-corrected chi connectivity index (χ4v) is 6.85. The monoisotopic (exact) mass is 379 g/mol. The van der Waals surface area contributed by atoms with E-state index in [0.29, 0.717) is 18.4 Å². The van der Waals surface area contributed by atoms with Gasteiger partial charge in [0.05, 0.1) is 16.7 Å². The topological polar surface area (TPSA) is 101 Å². The molecule has 2 aliphatic carbocycles. The first-order valence-corrected chi connectivity index (χ1v) is 10.3. The van der Waals surface area contributed by atoms with Crippen molar-refractivity contribution in [1.82, 2.24) is 0 Å². The van der Waals surface area contributed by atoms with Crippen molar-refractivity contribution in [3.8, 4) is 0 Å². The van der Waals surface area contributed by atoms with Crippen molar-refractivity contribution < 1.29 is 27.1 Å². The minimum atomic E-state index is -4.39. The SMILES string of the molecule is CC1(C)C2CCC1(CS(=O)(=O)O[N+]1([O-])Cc3ccccc3C1=O)C(=O)C2. The van der Waals surface area contributed by atoms with E-state index in [2.05, 4.69) is 0 Å². The van der Waals surface area contributed by atoms with E-state index in [9.17, 15) is 23.2 Å². The molecule has 1 amide bonds. The molecule has 0 radical (unpaired) electrons. The van der Waals surface area contributed by atoms with Gasteiger partial charge in [0, 0.05) is 12.0 Å². The number of carbonyl (C=O) groups excluding carboxylic acids is 2. The van der Waals surface area contributed by atoms with Crippen molar-refractivity contribution in [1.29, 1.82) is 0 Å². The molecule has 1 aliphatic heterocycles. The van der Waals surface area contributed by atoms with Crippen LogP contribution in [0.15, 0.2) is 24.3 Å². The molecule has 0 spiro atoms. The Morgan fingerprint density at radius 2 is 1.96 bits per heavy atom. The van der Waals surface area contributed by atoms with Gasteiger partial charge in [-0.2, -0.15) is 8.42 Å². The Kier molecular flexibility index (Phi) is 3.57. The first-order chi connectivity index (χ1) is 12.0. The van der Waals surface area contributed by atoms with Gasteiger partial charge in [0.2, 0.25) is 0 Å². The summed E-state index contributed by atoms with van der Waals surface area (Å²) in [4.78, 5) is 23.0. The molecule has 0 aromatic heterocycles. The van der Waals surface area contributed by atoms with E-state index in [4.69, 9.17) is 4.28 Å². The molecular weight excluding hydrogens is 358 g/mol. The lowest BCUT2D eigenvalue weighted by Gasteiger charge is -2.37. The summed E-state index contributed by atoms with van der Waals surface area (Å²) in [6, 6.07) is 6.37. The quantitative estimate of drug-likeness (QED) is 0.588. The Morgan fingerprint density at radius 3 is 2.54 bits per heavy atom. The van der Waals surface area contributed by atoms with E-state index >= 15 is 0 Å². The predicted molar refractivity (Wildman–Crippen MR) is 91.5 cm³/mol. The second kappa shape index (κ2) is 5.22. The number of hydrogen-bond acceptors (Lipinski definition) is 6. The van der Waals surface area contributed by atoms with E-state index in [1.165, 1.54) is 6.07 Å². The third-order valence-corrected chi connectivity index (χ3v) is 8.05. The van der Waals surface area contributed by atoms with Gasteiger partial charge in [0.1, 0.15) is 12.3 Å². The summed E-state index contributed by atoms with van der Waals surface area (Å²) in [7, 11) is -4.39. The van der Waals surface area contributed by atoms with Gasteiger partial charge in [0.15, 0.2) is 0 Å². The molecule has 2 bridgehead atoms. The van der Waals surface area contributed by atoms with Crippen molar-refractivity contribution in [2.45, 2.75) is 39.7 Å². The molecule has 7 nitrogen and oxygen atoms in total. The van der Waals surface area contributed by atoms with Gasteiger partial charge in [-0.15, -0.1) is 4.81 Å². The van der Waals surface area contributed by atoms with Crippen LogP contribution in [0, 0.1) is 22.0 Å². The van der Waals surface area contributed by atoms with Crippen molar-refractivity contribution >= 4 is 21.8 Å². The standard InChI is InChI=1S/C18H21NO6S/c1-17(2)13-7-8-18(17,15(20)9-13)11-26(23,24)25-19(22)10-12-5-3-4-6-14(12)16(19)21/h3-6,13H,7-11H2,1-2H3. The lowest BCUT2D eigenvalue weighted by atomic mass is 9.70. The lowest BCUT2D eigenvalue weighted by molar-refractivity contribution is -0.979. The van der Waals surface area contributed by atoms with Crippen LogP contribution in [0.25, 0.3) is 0 Å². The average molecular weight is 379 g/mol. The van der Waals surface area contributed by atoms with Crippen molar-refractivity contribution in [2.24, 2.45) is 16.7 Å². The van der Waals surface area contributed by atoms with Crippen LogP contribution >= 0.6 is 0 Å². The van der Waals surface area contributed by atoms with Gasteiger partial charge >= 0.3 is 16.0 Å². The third-order valence-electron chi connectivity index (χ3n) is 6.73. The summed E-state index contributed by atoms with van der Waals surface area (Å²) in [6.45, 7) is 3.42. The number of rotatable bonds is 4. The molecule has 0 saturated heterocycles. The molecule has 1 aromatic rings. The molecule has 26 heavy (non-hydrogen) atoms. The molecule has 3 aliphatic rings. The van der Waals surface area contributed by atoms with Gasteiger partial charge in [-0.3, -0.25) is 4.79 Å². The van der Waals surface area contributed by atoms with Gasteiger partial charge < -0.3 is 5.21 Å². The van der Waals surface area contributed by atoms with Crippen molar-refractivity contribution in [3.05, 3.63) is 40.6 Å². The Labute approximate surface area is 152 Å². The third kappa shape index (κ3) is 2.26. The first kappa shape index (κ1) is 17.8. The zero-order valence-electron chi connectivity index (χ0n) is 14.7. The summed E-state index contributed by atoms with van der Waals surface area (Å²) in [5.74, 6) is -1.41. The summed E-state index contributed by atoms with van der Waals surface area (Å²) >= 11 is 0. The number of fused-ring (bicyclic) bond motifs is 3. The van der Waals surface area contributed by atoms with Gasteiger partial charge in [-0.1, -0.05) is 36.3 Å². The highest BCUT2D eigenvalue weighted by molar-refractivity contribution is 7.86. The highest BCUT2D eigenvalue weighted by Gasteiger charge is 2.66. The number of hydroxylamine groups is 4. The van der Waals surface area contributed by atoms with Crippen LogP contribution in [0.4, 0.5) is 0 Å². The smallest absolute Gasteiger partial charge is 0.380 e. The van der Waals surface area contributed by atoms with Crippen LogP contribution in [0.3, 0.4) is 0 Å². The zero-order chi connectivity index (χ0) is 19.0. The molecule has 1 heterocycles. The maximum absolute atomic E-state index is 12.8. The maximum Gasteiger partial charge on any atom is 0.380 e. The van der Waals surface area contributed by atoms with Crippen LogP contribution in [0.2, 0.25) is 0 Å². The summed E-state index contributed by atoms with van der Waals surface area (Å²) in [5, 5.41) is 12.8. The molecule has 3 atom stereocenters. The molecule has 8 heteroatoms. The minimum Gasteiger partial charge on any atom is -0.589 e. The van der Waals surface area contributed by atoms with Crippen LogP contribution in [-0.2, 0) is 25.7 Å². The number of benzene rings is 1. The van der Waals surface area contributed by atoms with E-state index in [-0.39, 0.29) is 23.8 Å². The molecule has 3 unspecified atom stereocenters. The number of carbonyl (C=O) groups is 2. The number of quaternary nitrogens is 1. The summed E-state index contributed by atoms with van der Waals surface area (Å²) in [5.41, 5.74) is -0.870. The van der Waals surface area contributed by atoms with Crippen molar-refractivity contribution in [3.63, 3.8) is 0 Å². The Balaban J connectivity index is 1.61. The summed E-state index contributed by atoms with van der Waals surface area (Å²) in [6.07, 6.45) is 1.62. The number of amides is 1. The van der Waals surface area contributed by atoms with Crippen LogP contribution in [0.5, 0.6) is 0 Å². The number of nitrogens with zero attached hydrogens (tertiary/aromatic N) is 1. The lowest BCUT2D eigenvalue weighted by Crippen LogP contribution is -2.48. The zero-order valence-corrected chi connectivity index (χ0v) is 15.5. The molecule has 1 aromatic carbocycles. The maximum atomic E-state index is 12.8. The van der Waals surface area contributed by atoms with Gasteiger partial charge in [-0.05, 0) is 30.2 Å². The van der Waals surface area contributed by atoms with Crippen molar-refractivity contribution in [2.75, 3.05) is 5.75 Å². The number of Topliss-reactive ketones (excluding diaryl/α,β-unsaturated/α-hetero) is 1. The molecule has 0 N–H and O–H groups in total. The average Bonchev–Trinajstić information content (AvgIpc) is 2.99. The van der Waals surface area contributed by atoms with Crippen LogP contribution in [-0.4, -0.2) is 30.7 Å². The highest BCUT2D eigenvalue weighted by Crippen LogP contribution is 2.64. The Morgan fingerprint density at radius 1 is 1.27 bits per heavy atom. The van der Waals surface area contributed by atoms with E-state index in [0.717, 1.165) is 6.42 Å². The normalized spacial score (nSPS) is 35.1. The summed E-state index contributed by atoms with van der Waals surface area (Å²) < 4.78 is 30.3. The molecular formula is C18H21NO6S. The van der Waals surface area contributed by atoms with E-state index in [1.807, 2.05) is 13.8 Å². The molecule has 2 saturated carbocycles. The fraction of sp³-hybridized carbons (Fsp3) is 0.556. The predicted octanol–water partition coefficient (Wildman–Crippen LogP) is 2.31. The van der Waals surface area contributed by atoms with Gasteiger partial charge in [-0.25, -0.2) is 4.79 Å². The second-order valence-electron chi connectivity index (χ2n) is 8.24. The number of ketones is 1. The highest BCUT2D eigenvalue weighted by atomic mass is 32.2. The second-order valence-corrected chi connectivity index (χ2v) is 9.79. The van der Waals surface area contributed by atoms with Crippen LogP contribution < -0.4 is 0 Å². The largest absolute Gasteiger partial charge is 0.589 e. The minimum absolute atomic E-state index is 0.0839. The van der Waals surface area contributed by atoms with E-state index in [1.54, 1.807) is 18.2 Å².